The van der Waals surface area contributed by atoms with Gasteiger partial charge < -0.3 is 9.47 Å². The zero-order chi connectivity index (χ0) is 16.8. The molecule has 2 rings (SSSR count). The predicted molar refractivity (Wildman–Crippen MR) is 86.3 cm³/mol. The minimum absolute atomic E-state index is 0.0563. The molecule has 2 aliphatic rings. The van der Waals surface area contributed by atoms with Gasteiger partial charge in [0.15, 0.2) is 0 Å². The second kappa shape index (κ2) is 7.87. The number of nitrogens with zero attached hydrogens (tertiary/aromatic N) is 1. The van der Waals surface area contributed by atoms with Crippen molar-refractivity contribution in [3.63, 3.8) is 0 Å². The number of carbonyl (C=O) groups is 2. The molecular formula is C18H23NO4. The van der Waals surface area contributed by atoms with Crippen LogP contribution < -0.4 is 0 Å². The third kappa shape index (κ3) is 4.16. The summed E-state index contributed by atoms with van der Waals surface area (Å²) in [6.45, 7) is 3.38. The predicted octanol–water partition coefficient (Wildman–Crippen LogP) is 3.17. The first kappa shape index (κ1) is 17.1. The second-order valence-corrected chi connectivity index (χ2v) is 5.65. The summed E-state index contributed by atoms with van der Waals surface area (Å²) in [6, 6.07) is -0.0563. The van der Waals surface area contributed by atoms with Gasteiger partial charge in [-0.25, -0.2) is 4.79 Å². The molecule has 0 heterocycles. The monoisotopic (exact) mass is 317 g/mol. The van der Waals surface area contributed by atoms with Crippen molar-refractivity contribution in [2.24, 2.45) is 0 Å². The van der Waals surface area contributed by atoms with Gasteiger partial charge in [0.1, 0.15) is 0 Å². The van der Waals surface area contributed by atoms with Crippen molar-refractivity contribution in [1.82, 2.24) is 4.90 Å². The van der Waals surface area contributed by atoms with Crippen LogP contribution in [0.3, 0.4) is 0 Å². The number of esters is 1. The van der Waals surface area contributed by atoms with Gasteiger partial charge in [0.25, 0.3) is 0 Å². The second-order valence-electron chi connectivity index (χ2n) is 5.65. The van der Waals surface area contributed by atoms with E-state index in [1.54, 1.807) is 11.8 Å². The highest BCUT2D eigenvalue weighted by Gasteiger charge is 2.34. The van der Waals surface area contributed by atoms with Crippen molar-refractivity contribution in [1.29, 1.82) is 0 Å². The van der Waals surface area contributed by atoms with E-state index in [2.05, 4.69) is 18.1 Å². The molecular weight excluding hydrogens is 294 g/mol. The van der Waals surface area contributed by atoms with E-state index in [-0.39, 0.29) is 19.0 Å². The summed E-state index contributed by atoms with van der Waals surface area (Å²) in [7, 11) is 0. The van der Waals surface area contributed by atoms with E-state index in [0.717, 1.165) is 25.7 Å². The lowest BCUT2D eigenvalue weighted by molar-refractivity contribution is -0.165. The lowest BCUT2D eigenvalue weighted by Gasteiger charge is -2.29. The van der Waals surface area contributed by atoms with Crippen molar-refractivity contribution in [3.05, 3.63) is 23.3 Å². The summed E-state index contributed by atoms with van der Waals surface area (Å²) in [5.74, 6) is 2.11. The molecule has 0 aliphatic heterocycles. The largest absolute Gasteiger partial charge is 0.425 e. The minimum Gasteiger partial charge on any atom is -0.425 e. The maximum Gasteiger partial charge on any atom is 0.414 e. The van der Waals surface area contributed by atoms with Gasteiger partial charge in [0.05, 0.1) is 12.6 Å². The molecule has 0 aromatic heterocycles. The van der Waals surface area contributed by atoms with E-state index in [4.69, 9.17) is 15.9 Å². The summed E-state index contributed by atoms with van der Waals surface area (Å²) >= 11 is 0. The Bertz CT molecular complexity index is 570. The zero-order valence-corrected chi connectivity index (χ0v) is 13.7. The van der Waals surface area contributed by atoms with Crippen LogP contribution in [0.4, 0.5) is 4.79 Å². The van der Waals surface area contributed by atoms with E-state index < -0.39 is 18.4 Å². The van der Waals surface area contributed by atoms with Gasteiger partial charge in [-0.1, -0.05) is 25.0 Å². The highest BCUT2D eigenvalue weighted by atomic mass is 16.7. The van der Waals surface area contributed by atoms with Crippen LogP contribution in [0.5, 0.6) is 0 Å². The first-order valence-corrected chi connectivity index (χ1v) is 8.06. The fraction of sp³-hybridized carbons (Fsp3) is 0.556. The van der Waals surface area contributed by atoms with E-state index in [0.29, 0.717) is 0 Å². The molecule has 2 aliphatic carbocycles. The van der Waals surface area contributed by atoms with Crippen LogP contribution in [-0.4, -0.2) is 35.8 Å². The van der Waals surface area contributed by atoms with E-state index in [1.165, 1.54) is 18.1 Å². The summed E-state index contributed by atoms with van der Waals surface area (Å²) in [5.41, 5.74) is 2.49. The van der Waals surface area contributed by atoms with Crippen LogP contribution in [0.25, 0.3) is 0 Å². The molecule has 5 heteroatoms. The molecule has 1 saturated carbocycles. The number of terminal acetylenes is 1. The molecule has 0 bridgehead atoms. The summed E-state index contributed by atoms with van der Waals surface area (Å²) in [4.78, 5) is 25.3. The number of ether oxygens (including phenoxy) is 2. The third-order valence-electron chi connectivity index (χ3n) is 4.06. The molecule has 1 fully saturated rings. The zero-order valence-electron chi connectivity index (χ0n) is 13.7. The average molecular weight is 317 g/mol. The van der Waals surface area contributed by atoms with Gasteiger partial charge >= 0.3 is 12.1 Å². The number of carbonyl (C=O) groups excluding carboxylic acids is 2. The summed E-state index contributed by atoms with van der Waals surface area (Å²) in [5, 5.41) is 0. The SMILES string of the molecule is C#CCN(C(=O)OC(C)OC(=O)CC)C1CCC2=CCCC=C21. The molecule has 23 heavy (non-hydrogen) atoms. The maximum atomic E-state index is 12.4. The van der Waals surface area contributed by atoms with Crippen LogP contribution in [0.15, 0.2) is 23.3 Å². The van der Waals surface area contributed by atoms with E-state index in [1.807, 2.05) is 0 Å². The average Bonchev–Trinajstić information content (AvgIpc) is 2.96. The molecule has 0 radical (unpaired) electrons. The Morgan fingerprint density at radius 1 is 1.39 bits per heavy atom. The lowest BCUT2D eigenvalue weighted by Crippen LogP contribution is -2.42. The quantitative estimate of drug-likeness (QED) is 0.444. The molecule has 2 unspecified atom stereocenters. The Morgan fingerprint density at radius 2 is 2.13 bits per heavy atom. The van der Waals surface area contributed by atoms with Crippen molar-refractivity contribution < 1.29 is 19.1 Å². The lowest BCUT2D eigenvalue weighted by atomic mass is 9.98. The topological polar surface area (TPSA) is 55.8 Å². The first-order valence-electron chi connectivity index (χ1n) is 8.06. The third-order valence-corrected chi connectivity index (χ3v) is 4.06. The Morgan fingerprint density at radius 3 is 2.83 bits per heavy atom. The Labute approximate surface area is 137 Å². The van der Waals surface area contributed by atoms with E-state index >= 15 is 0 Å². The van der Waals surface area contributed by atoms with Crippen molar-refractivity contribution in [3.8, 4) is 12.3 Å². The Hall–Kier alpha value is -2.22. The van der Waals surface area contributed by atoms with Gasteiger partial charge in [-0.05, 0) is 36.8 Å². The van der Waals surface area contributed by atoms with Crippen molar-refractivity contribution >= 4 is 12.1 Å². The molecule has 1 amide bonds. The number of hydrogen-bond donors (Lipinski definition) is 0. The van der Waals surface area contributed by atoms with Crippen LogP contribution in [0.2, 0.25) is 0 Å². The number of rotatable bonds is 5. The van der Waals surface area contributed by atoms with Gasteiger partial charge in [-0.15, -0.1) is 6.42 Å². The molecule has 0 N–H and O–H groups in total. The molecule has 0 aromatic carbocycles. The van der Waals surface area contributed by atoms with Crippen LogP contribution in [0.1, 0.15) is 46.0 Å². The van der Waals surface area contributed by atoms with Crippen LogP contribution in [-0.2, 0) is 14.3 Å². The molecule has 0 spiro atoms. The van der Waals surface area contributed by atoms with Crippen LogP contribution >= 0.6 is 0 Å². The van der Waals surface area contributed by atoms with Crippen molar-refractivity contribution in [2.75, 3.05) is 6.54 Å². The van der Waals surface area contributed by atoms with E-state index in [9.17, 15) is 9.59 Å². The Kier molecular flexibility index (Phi) is 5.86. The van der Waals surface area contributed by atoms with Gasteiger partial charge in [-0.3, -0.25) is 9.69 Å². The number of hydrogen-bond acceptors (Lipinski definition) is 4. The first-order chi connectivity index (χ1) is 11.1. The minimum atomic E-state index is -0.924. The highest BCUT2D eigenvalue weighted by Crippen LogP contribution is 2.37. The summed E-state index contributed by atoms with van der Waals surface area (Å²) in [6.07, 6.45) is 12.4. The maximum absolute atomic E-state index is 12.4. The smallest absolute Gasteiger partial charge is 0.414 e. The molecule has 5 nitrogen and oxygen atoms in total. The standard InChI is InChI=1S/C18H23NO4/c1-4-12-19(18(21)23-13(3)22-17(20)5-2)16-11-10-14-8-6-7-9-15(14)16/h1,8-9,13,16H,5-7,10-12H2,2-3H3. The normalized spacial score (nSPS) is 20.5. The molecule has 124 valence electrons. The number of amides is 1. The summed E-state index contributed by atoms with van der Waals surface area (Å²) < 4.78 is 10.2. The molecule has 0 aromatic rings. The molecule has 0 saturated heterocycles. The fourth-order valence-electron chi connectivity index (χ4n) is 3.02. The Balaban J connectivity index is 2.05. The highest BCUT2D eigenvalue weighted by molar-refractivity contribution is 5.71. The van der Waals surface area contributed by atoms with Gasteiger partial charge in [0, 0.05) is 13.3 Å². The number of allylic oxidation sites excluding steroid dienone is 2. The van der Waals surface area contributed by atoms with Crippen molar-refractivity contribution in [2.45, 2.75) is 58.3 Å². The van der Waals surface area contributed by atoms with Gasteiger partial charge in [-0.2, -0.15) is 0 Å². The van der Waals surface area contributed by atoms with Gasteiger partial charge in [0.2, 0.25) is 6.29 Å². The molecule has 2 atom stereocenters. The van der Waals surface area contributed by atoms with Crippen LogP contribution in [0, 0.1) is 12.3 Å². The number of fused-ring (bicyclic) bond motifs is 1. The fourth-order valence-corrected chi connectivity index (χ4v) is 3.02.